The van der Waals surface area contributed by atoms with E-state index in [4.69, 9.17) is 0 Å². The van der Waals surface area contributed by atoms with Crippen LogP contribution in [0.25, 0.3) is 0 Å². The number of hydrogen-bond donors (Lipinski definition) is 1. The van der Waals surface area contributed by atoms with Gasteiger partial charge < -0.3 is 5.32 Å². The lowest BCUT2D eigenvalue weighted by Crippen LogP contribution is -2.49. The smallest absolute Gasteiger partial charge is 0.0125 e. The Balaban J connectivity index is 0.000000459. The molecular weight excluding hydrogens is 364 g/mol. The van der Waals surface area contributed by atoms with Crippen LogP contribution in [-0.2, 0) is 0 Å². The van der Waals surface area contributed by atoms with Crippen molar-refractivity contribution in [2.75, 3.05) is 20.1 Å². The van der Waals surface area contributed by atoms with E-state index in [1.165, 1.54) is 58.0 Å². The van der Waals surface area contributed by atoms with Gasteiger partial charge in [0.15, 0.2) is 0 Å². The molecule has 0 amide bonds. The lowest BCUT2D eigenvalue weighted by molar-refractivity contribution is 0.0388. The lowest BCUT2D eigenvalue weighted by atomic mass is 9.72. The van der Waals surface area contributed by atoms with Gasteiger partial charge in [0, 0.05) is 17.6 Å². The van der Waals surface area contributed by atoms with Crippen LogP contribution in [0.3, 0.4) is 0 Å². The van der Waals surface area contributed by atoms with Crippen LogP contribution in [0, 0.1) is 22.7 Å². The van der Waals surface area contributed by atoms with Crippen LogP contribution in [-0.4, -0.2) is 36.1 Å². The molecule has 0 aromatic heterocycles. The predicted molar refractivity (Wildman–Crippen MR) is 138 cm³/mol. The van der Waals surface area contributed by atoms with E-state index >= 15 is 0 Å². The summed E-state index contributed by atoms with van der Waals surface area (Å²) in [7, 11) is 1.96. The van der Waals surface area contributed by atoms with Crippen LogP contribution in [0.1, 0.15) is 128 Å². The van der Waals surface area contributed by atoms with Gasteiger partial charge in [-0.2, -0.15) is 0 Å². The van der Waals surface area contributed by atoms with Gasteiger partial charge in [-0.3, -0.25) is 4.90 Å². The average Bonchev–Trinajstić information content (AvgIpc) is 2.61. The van der Waals surface area contributed by atoms with Crippen molar-refractivity contribution in [1.29, 1.82) is 0 Å². The molecule has 2 fully saturated rings. The largest absolute Gasteiger partial charge is 0.315 e. The van der Waals surface area contributed by atoms with E-state index in [0.29, 0.717) is 21.9 Å². The van der Waals surface area contributed by atoms with Crippen molar-refractivity contribution in [3.63, 3.8) is 0 Å². The molecule has 30 heavy (non-hydrogen) atoms. The fourth-order valence-corrected chi connectivity index (χ4v) is 4.26. The van der Waals surface area contributed by atoms with Crippen LogP contribution in [0.2, 0.25) is 0 Å². The van der Waals surface area contributed by atoms with Crippen LogP contribution in [0.4, 0.5) is 0 Å². The van der Waals surface area contributed by atoms with Gasteiger partial charge in [-0.1, -0.05) is 60.8 Å². The zero-order valence-electron chi connectivity index (χ0n) is 23.5. The Hall–Kier alpha value is -0.0800. The first-order valence-corrected chi connectivity index (χ1v) is 12.8. The summed E-state index contributed by atoms with van der Waals surface area (Å²) >= 11 is 0. The Labute approximate surface area is 192 Å². The molecule has 182 valence electrons. The average molecular weight is 425 g/mol. The molecule has 1 atom stereocenters. The molecule has 0 aromatic rings. The minimum atomic E-state index is 0.292. The number of rotatable bonds is 0. The molecule has 2 heteroatoms. The quantitative estimate of drug-likeness (QED) is 0.422. The van der Waals surface area contributed by atoms with Gasteiger partial charge in [0.05, 0.1) is 0 Å². The molecule has 2 nitrogen and oxygen atoms in total. The minimum absolute atomic E-state index is 0.292. The molecule has 0 radical (unpaired) electrons. The summed E-state index contributed by atoms with van der Waals surface area (Å²) in [6.07, 6.45) is 10.2. The highest BCUT2D eigenvalue weighted by molar-refractivity contribution is 4.86. The van der Waals surface area contributed by atoms with Gasteiger partial charge in [-0.25, -0.2) is 0 Å². The number of nitrogens with one attached hydrogen (secondary N) is 1. The maximum atomic E-state index is 3.10. The monoisotopic (exact) mass is 424 g/mol. The Kier molecular flexibility index (Phi) is 12.2. The molecule has 1 N–H and O–H groups in total. The second-order valence-electron chi connectivity index (χ2n) is 14.0. The van der Waals surface area contributed by atoms with Crippen LogP contribution in [0.15, 0.2) is 0 Å². The van der Waals surface area contributed by atoms with Crippen molar-refractivity contribution in [3.05, 3.63) is 0 Å². The second kappa shape index (κ2) is 12.2. The van der Waals surface area contributed by atoms with Crippen LogP contribution >= 0.6 is 0 Å². The van der Waals surface area contributed by atoms with Gasteiger partial charge in [-0.05, 0) is 103 Å². The van der Waals surface area contributed by atoms with Gasteiger partial charge >= 0.3 is 0 Å². The normalized spacial score (nSPS) is 22.5. The van der Waals surface area contributed by atoms with Crippen molar-refractivity contribution in [3.8, 4) is 0 Å². The predicted octanol–water partition coefficient (Wildman–Crippen LogP) is 8.16. The first-order valence-electron chi connectivity index (χ1n) is 12.8. The Morgan fingerprint density at radius 1 is 0.600 bits per heavy atom. The van der Waals surface area contributed by atoms with Crippen molar-refractivity contribution in [1.82, 2.24) is 10.2 Å². The third-order valence-corrected chi connectivity index (χ3v) is 7.17. The Bertz CT molecular complexity index is 413. The molecule has 1 heterocycles. The maximum Gasteiger partial charge on any atom is 0.0125 e. The van der Waals surface area contributed by atoms with E-state index in [1.54, 1.807) is 0 Å². The molecule has 1 aliphatic heterocycles. The van der Waals surface area contributed by atoms with Crippen LogP contribution < -0.4 is 5.32 Å². The third kappa shape index (κ3) is 13.4. The number of likely N-dealkylation sites (tertiary alicyclic amines) is 1. The number of hydrogen-bond acceptors (Lipinski definition) is 2. The molecule has 0 spiro atoms. The molecule has 1 aliphatic carbocycles. The lowest BCUT2D eigenvalue weighted by Gasteiger charge is -2.45. The summed E-state index contributed by atoms with van der Waals surface area (Å²) in [5, 5.41) is 3.10. The highest BCUT2D eigenvalue weighted by Gasteiger charge is 2.33. The van der Waals surface area contributed by atoms with E-state index in [0.717, 1.165) is 11.8 Å². The van der Waals surface area contributed by atoms with Gasteiger partial charge in [0.2, 0.25) is 0 Å². The highest BCUT2D eigenvalue weighted by Crippen LogP contribution is 2.37. The van der Waals surface area contributed by atoms with E-state index in [-0.39, 0.29) is 0 Å². The SMILES string of the molecule is CC(C)(C)C1CCCCC1.CC(C)(C)C1CCCN(C(C)(C)C)C1.CNC(C)(C)C. The summed E-state index contributed by atoms with van der Waals surface area (Å²) in [5.74, 6) is 1.87. The molecule has 1 unspecified atom stereocenters. The standard InChI is InChI=1S/C13H27N.C10H20.C5H13N/c1-12(2,3)11-8-7-9-14(10-11)13(4,5)6;1-10(2,3)9-7-5-4-6-8-9;1-5(2,3)6-4/h11H,7-10H2,1-6H3;9H,4-8H2,1-3H3;6H,1-4H3. The molecule has 1 saturated carbocycles. The fourth-order valence-electron chi connectivity index (χ4n) is 4.26. The van der Waals surface area contributed by atoms with Gasteiger partial charge in [0.25, 0.3) is 0 Å². The zero-order valence-corrected chi connectivity index (χ0v) is 23.5. The summed E-state index contributed by atoms with van der Waals surface area (Å²) in [4.78, 5) is 2.65. The van der Waals surface area contributed by atoms with E-state index < -0.39 is 0 Å². The van der Waals surface area contributed by atoms with Crippen molar-refractivity contribution in [2.24, 2.45) is 22.7 Å². The van der Waals surface area contributed by atoms with Crippen LogP contribution in [0.5, 0.6) is 0 Å². The summed E-state index contributed by atoms with van der Waals surface area (Å²) in [6.45, 7) is 30.2. The zero-order chi connectivity index (χ0) is 23.8. The first kappa shape index (κ1) is 29.9. The Morgan fingerprint density at radius 3 is 1.30 bits per heavy atom. The fraction of sp³-hybridized carbons (Fsp3) is 1.00. The summed E-state index contributed by atoms with van der Waals surface area (Å²) < 4.78 is 0. The van der Waals surface area contributed by atoms with Crippen molar-refractivity contribution >= 4 is 0 Å². The summed E-state index contributed by atoms with van der Waals surface area (Å²) in [6, 6.07) is 0. The second-order valence-corrected chi connectivity index (χ2v) is 14.0. The first-order chi connectivity index (χ1) is 13.4. The molecule has 2 aliphatic rings. The third-order valence-electron chi connectivity index (χ3n) is 7.17. The van der Waals surface area contributed by atoms with E-state index in [9.17, 15) is 0 Å². The number of piperidine rings is 1. The Morgan fingerprint density at radius 2 is 1.00 bits per heavy atom. The topological polar surface area (TPSA) is 15.3 Å². The van der Waals surface area contributed by atoms with Gasteiger partial charge in [0.1, 0.15) is 0 Å². The van der Waals surface area contributed by atoms with E-state index in [1.807, 2.05) is 7.05 Å². The minimum Gasteiger partial charge on any atom is -0.315 e. The summed E-state index contributed by atoms with van der Waals surface area (Å²) in [5.41, 5.74) is 1.69. The molecule has 0 aromatic carbocycles. The number of nitrogens with zero attached hydrogens (tertiary/aromatic N) is 1. The van der Waals surface area contributed by atoms with Crippen molar-refractivity contribution in [2.45, 2.75) is 139 Å². The van der Waals surface area contributed by atoms with E-state index in [2.05, 4.69) is 93.3 Å². The molecule has 2 rings (SSSR count). The maximum absolute atomic E-state index is 3.10. The molecular formula is C28H60N2. The molecule has 1 saturated heterocycles. The molecule has 0 bridgehead atoms. The van der Waals surface area contributed by atoms with Gasteiger partial charge in [-0.15, -0.1) is 0 Å². The highest BCUT2D eigenvalue weighted by atomic mass is 15.2. The van der Waals surface area contributed by atoms with Crippen molar-refractivity contribution < 1.29 is 0 Å².